The summed E-state index contributed by atoms with van der Waals surface area (Å²) in [5.41, 5.74) is 2.11. The molecule has 0 bridgehead atoms. The Balaban J connectivity index is 2.08. The fourth-order valence-electron chi connectivity index (χ4n) is 1.99. The molecule has 1 aromatic heterocycles. The molecule has 3 nitrogen and oxygen atoms in total. The number of nitrogens with zero attached hydrogens (tertiary/aromatic N) is 2. The molecule has 0 aliphatic heterocycles. The smallest absolute Gasteiger partial charge is 0.0689 e. The summed E-state index contributed by atoms with van der Waals surface area (Å²) >= 11 is 0. The molecule has 15 heavy (non-hydrogen) atoms. The van der Waals surface area contributed by atoms with Crippen LogP contribution in [-0.2, 0) is 13.2 Å². The van der Waals surface area contributed by atoms with Crippen molar-refractivity contribution in [3.8, 4) is 0 Å². The van der Waals surface area contributed by atoms with E-state index in [-0.39, 0.29) is 6.61 Å². The van der Waals surface area contributed by atoms with Crippen LogP contribution in [0.2, 0.25) is 0 Å². The summed E-state index contributed by atoms with van der Waals surface area (Å²) in [4.78, 5) is 0. The van der Waals surface area contributed by atoms with E-state index in [2.05, 4.69) is 15.8 Å². The van der Waals surface area contributed by atoms with E-state index in [1.54, 1.807) is 0 Å². The molecular weight excluding hydrogens is 188 g/mol. The molecule has 0 atom stereocenters. The lowest BCUT2D eigenvalue weighted by Crippen LogP contribution is -2.01. The summed E-state index contributed by atoms with van der Waals surface area (Å²) in [5, 5.41) is 14.7. The highest BCUT2D eigenvalue weighted by Crippen LogP contribution is 2.31. The Morgan fingerprint density at radius 1 is 1.40 bits per heavy atom. The van der Waals surface area contributed by atoms with Gasteiger partial charge in [-0.1, -0.05) is 12.1 Å². The molecular formula is C12H14N2O. The van der Waals surface area contributed by atoms with Gasteiger partial charge >= 0.3 is 0 Å². The number of aliphatic hydroxyl groups excluding tert-OH is 1. The normalized spacial score (nSPS) is 16.1. The third-order valence-corrected chi connectivity index (χ3v) is 3.08. The van der Waals surface area contributed by atoms with Gasteiger partial charge in [-0.3, -0.25) is 4.68 Å². The van der Waals surface area contributed by atoms with Crippen LogP contribution in [-0.4, -0.2) is 14.9 Å². The average molecular weight is 202 g/mol. The van der Waals surface area contributed by atoms with Gasteiger partial charge in [-0.15, -0.1) is 0 Å². The standard InChI is InChI=1S/C12H14N2O/c15-8-10-2-1-3-12-11(10)6-13-14(12)7-9-4-5-9/h1-3,6,9,15H,4-5,7-8H2. The third kappa shape index (κ3) is 1.53. The number of aliphatic hydroxyl groups is 1. The summed E-state index contributed by atoms with van der Waals surface area (Å²) in [5.74, 6) is 0.825. The Bertz CT molecular complexity index is 485. The van der Waals surface area contributed by atoms with Crippen LogP contribution in [0.3, 0.4) is 0 Å². The first-order valence-corrected chi connectivity index (χ1v) is 5.43. The zero-order valence-electron chi connectivity index (χ0n) is 8.56. The van der Waals surface area contributed by atoms with E-state index in [9.17, 15) is 5.11 Å². The molecule has 1 fully saturated rings. The summed E-state index contributed by atoms with van der Waals surface area (Å²) in [6.07, 6.45) is 4.53. The minimum Gasteiger partial charge on any atom is -0.392 e. The van der Waals surface area contributed by atoms with Gasteiger partial charge in [-0.25, -0.2) is 0 Å². The van der Waals surface area contributed by atoms with Crippen molar-refractivity contribution >= 4 is 10.9 Å². The molecule has 1 aliphatic rings. The van der Waals surface area contributed by atoms with Crippen molar-refractivity contribution < 1.29 is 5.11 Å². The maximum Gasteiger partial charge on any atom is 0.0689 e. The first-order valence-electron chi connectivity index (χ1n) is 5.43. The first kappa shape index (κ1) is 8.92. The number of hydrogen-bond donors (Lipinski definition) is 1. The first-order chi connectivity index (χ1) is 7.38. The Morgan fingerprint density at radius 2 is 2.27 bits per heavy atom. The zero-order valence-corrected chi connectivity index (χ0v) is 8.56. The van der Waals surface area contributed by atoms with Crippen molar-refractivity contribution in [2.45, 2.75) is 26.0 Å². The van der Waals surface area contributed by atoms with Gasteiger partial charge in [0.1, 0.15) is 0 Å². The van der Waals surface area contributed by atoms with Crippen molar-refractivity contribution in [3.63, 3.8) is 0 Å². The SMILES string of the molecule is OCc1cccc2c1cnn2CC1CC1. The molecule has 0 amide bonds. The molecule has 1 aromatic carbocycles. The second-order valence-electron chi connectivity index (χ2n) is 4.28. The van der Waals surface area contributed by atoms with Crippen molar-refractivity contribution in [3.05, 3.63) is 30.0 Å². The maximum atomic E-state index is 9.20. The van der Waals surface area contributed by atoms with Crippen molar-refractivity contribution in [1.29, 1.82) is 0 Å². The molecule has 1 heterocycles. The topological polar surface area (TPSA) is 38.1 Å². The Labute approximate surface area is 88.3 Å². The lowest BCUT2D eigenvalue weighted by atomic mass is 10.1. The monoisotopic (exact) mass is 202 g/mol. The Kier molecular flexibility index (Phi) is 1.99. The summed E-state index contributed by atoms with van der Waals surface area (Å²) in [6, 6.07) is 6.01. The lowest BCUT2D eigenvalue weighted by molar-refractivity contribution is 0.283. The van der Waals surface area contributed by atoms with Crippen LogP contribution in [0.1, 0.15) is 18.4 Å². The number of hydrogen-bond acceptors (Lipinski definition) is 2. The Morgan fingerprint density at radius 3 is 3.00 bits per heavy atom. The average Bonchev–Trinajstić information content (AvgIpc) is 2.99. The third-order valence-electron chi connectivity index (χ3n) is 3.08. The fraction of sp³-hybridized carbons (Fsp3) is 0.417. The Hall–Kier alpha value is -1.35. The number of benzene rings is 1. The fourth-order valence-corrected chi connectivity index (χ4v) is 1.99. The molecule has 1 saturated carbocycles. The van der Waals surface area contributed by atoms with Gasteiger partial charge in [0.25, 0.3) is 0 Å². The van der Waals surface area contributed by atoms with Crippen LogP contribution >= 0.6 is 0 Å². The van der Waals surface area contributed by atoms with E-state index < -0.39 is 0 Å². The van der Waals surface area contributed by atoms with Crippen LogP contribution in [0.5, 0.6) is 0 Å². The lowest BCUT2D eigenvalue weighted by Gasteiger charge is -2.02. The minimum absolute atomic E-state index is 0.0897. The molecule has 1 N–H and O–H groups in total. The highest BCUT2D eigenvalue weighted by molar-refractivity contribution is 5.82. The molecule has 2 aromatic rings. The van der Waals surface area contributed by atoms with Crippen LogP contribution in [0.15, 0.2) is 24.4 Å². The second-order valence-corrected chi connectivity index (χ2v) is 4.28. The van der Waals surface area contributed by atoms with Gasteiger partial charge in [0.15, 0.2) is 0 Å². The minimum atomic E-state index is 0.0897. The molecule has 0 spiro atoms. The highest BCUT2D eigenvalue weighted by Gasteiger charge is 2.22. The predicted octanol–water partition coefficient (Wildman–Crippen LogP) is 1.94. The largest absolute Gasteiger partial charge is 0.392 e. The quantitative estimate of drug-likeness (QED) is 0.826. The number of fused-ring (bicyclic) bond motifs is 1. The van der Waals surface area contributed by atoms with E-state index in [1.807, 2.05) is 18.3 Å². The predicted molar refractivity (Wildman–Crippen MR) is 58.4 cm³/mol. The zero-order chi connectivity index (χ0) is 10.3. The van der Waals surface area contributed by atoms with Crippen LogP contribution in [0.4, 0.5) is 0 Å². The van der Waals surface area contributed by atoms with E-state index in [4.69, 9.17) is 0 Å². The van der Waals surface area contributed by atoms with Gasteiger partial charge in [0, 0.05) is 11.9 Å². The molecule has 0 saturated heterocycles. The molecule has 1 aliphatic carbocycles. The van der Waals surface area contributed by atoms with Gasteiger partial charge < -0.3 is 5.11 Å². The van der Waals surface area contributed by atoms with Crippen LogP contribution in [0, 0.1) is 5.92 Å². The summed E-state index contributed by atoms with van der Waals surface area (Å²) < 4.78 is 2.06. The van der Waals surface area contributed by atoms with Gasteiger partial charge in [-0.05, 0) is 30.4 Å². The number of rotatable bonds is 3. The molecule has 3 heteroatoms. The van der Waals surface area contributed by atoms with E-state index in [0.29, 0.717) is 0 Å². The second kappa shape index (κ2) is 3.35. The van der Waals surface area contributed by atoms with E-state index >= 15 is 0 Å². The molecule has 78 valence electrons. The van der Waals surface area contributed by atoms with Gasteiger partial charge in [0.2, 0.25) is 0 Å². The van der Waals surface area contributed by atoms with Crippen LogP contribution < -0.4 is 0 Å². The van der Waals surface area contributed by atoms with Crippen molar-refractivity contribution in [2.75, 3.05) is 0 Å². The highest BCUT2D eigenvalue weighted by atomic mass is 16.3. The van der Waals surface area contributed by atoms with Gasteiger partial charge in [0.05, 0.1) is 18.3 Å². The molecule has 3 rings (SSSR count). The summed E-state index contributed by atoms with van der Waals surface area (Å²) in [6.45, 7) is 1.12. The van der Waals surface area contributed by atoms with Crippen molar-refractivity contribution in [1.82, 2.24) is 9.78 Å². The summed E-state index contributed by atoms with van der Waals surface area (Å²) in [7, 11) is 0. The number of aromatic nitrogens is 2. The molecule has 0 radical (unpaired) electrons. The molecule has 0 unspecified atom stereocenters. The van der Waals surface area contributed by atoms with Crippen molar-refractivity contribution in [2.24, 2.45) is 5.92 Å². The van der Waals surface area contributed by atoms with E-state index in [0.717, 1.165) is 28.9 Å². The maximum absolute atomic E-state index is 9.20. The van der Waals surface area contributed by atoms with Gasteiger partial charge in [-0.2, -0.15) is 5.10 Å². The van der Waals surface area contributed by atoms with E-state index in [1.165, 1.54) is 12.8 Å². The van der Waals surface area contributed by atoms with Crippen LogP contribution in [0.25, 0.3) is 10.9 Å².